The van der Waals surface area contributed by atoms with Crippen molar-refractivity contribution in [1.82, 2.24) is 10.6 Å². The Kier molecular flexibility index (Phi) is 7.26. The lowest BCUT2D eigenvalue weighted by molar-refractivity contribution is 0.624. The number of nitrogens with one attached hydrogen (secondary N) is 2. The topological polar surface area (TPSA) is 36.4 Å². The van der Waals surface area contributed by atoms with Crippen LogP contribution < -0.4 is 10.6 Å². The zero-order chi connectivity index (χ0) is 13.7. The third kappa shape index (κ3) is 5.26. The van der Waals surface area contributed by atoms with Gasteiger partial charge in [0.2, 0.25) is 0 Å². The van der Waals surface area contributed by atoms with Gasteiger partial charge in [0.25, 0.3) is 0 Å². The summed E-state index contributed by atoms with van der Waals surface area (Å²) in [4.78, 5) is 4.20. The summed E-state index contributed by atoms with van der Waals surface area (Å²) in [5.41, 5.74) is 0.920. The molecule has 0 saturated heterocycles. The molecule has 5 heteroatoms. The average molecular weight is 391 g/mol. The van der Waals surface area contributed by atoms with Gasteiger partial charge in [-0.05, 0) is 36.5 Å². The fourth-order valence-electron chi connectivity index (χ4n) is 2.32. The van der Waals surface area contributed by atoms with E-state index in [9.17, 15) is 4.39 Å². The van der Waals surface area contributed by atoms with Crippen LogP contribution in [0.4, 0.5) is 4.39 Å². The first-order chi connectivity index (χ1) is 9.22. The Morgan fingerprint density at radius 2 is 2.25 bits per heavy atom. The summed E-state index contributed by atoms with van der Waals surface area (Å²) in [7, 11) is 1.76. The van der Waals surface area contributed by atoms with Gasteiger partial charge >= 0.3 is 0 Å². The van der Waals surface area contributed by atoms with E-state index in [0.29, 0.717) is 12.6 Å². The molecular weight excluding hydrogens is 368 g/mol. The first kappa shape index (κ1) is 17.2. The molecule has 0 heterocycles. The fourth-order valence-corrected chi connectivity index (χ4v) is 2.32. The molecule has 2 unspecified atom stereocenters. The Labute approximate surface area is 137 Å². The molecule has 2 atom stereocenters. The van der Waals surface area contributed by atoms with Crippen LogP contribution in [0.2, 0.25) is 0 Å². The van der Waals surface area contributed by atoms with Crippen LogP contribution in [0.1, 0.15) is 31.7 Å². The van der Waals surface area contributed by atoms with Gasteiger partial charge in [-0.15, -0.1) is 24.0 Å². The van der Waals surface area contributed by atoms with Gasteiger partial charge in [-0.2, -0.15) is 0 Å². The Bertz CT molecular complexity index is 450. The predicted octanol–water partition coefficient (Wildman–Crippen LogP) is 3.30. The second kappa shape index (κ2) is 8.44. The first-order valence-corrected chi connectivity index (χ1v) is 6.94. The molecule has 112 valence electrons. The van der Waals surface area contributed by atoms with E-state index in [1.807, 2.05) is 6.07 Å². The maximum Gasteiger partial charge on any atom is 0.191 e. The molecule has 20 heavy (non-hydrogen) atoms. The van der Waals surface area contributed by atoms with Crippen LogP contribution in [-0.2, 0) is 6.54 Å². The van der Waals surface area contributed by atoms with E-state index in [4.69, 9.17) is 0 Å². The van der Waals surface area contributed by atoms with Gasteiger partial charge in [-0.1, -0.05) is 25.5 Å². The summed E-state index contributed by atoms with van der Waals surface area (Å²) in [5, 5.41) is 6.62. The van der Waals surface area contributed by atoms with E-state index >= 15 is 0 Å². The minimum atomic E-state index is -0.201. The summed E-state index contributed by atoms with van der Waals surface area (Å²) in [5.74, 6) is 1.39. The summed E-state index contributed by atoms with van der Waals surface area (Å²) in [6.45, 7) is 2.80. The van der Waals surface area contributed by atoms with Gasteiger partial charge < -0.3 is 10.6 Å². The maximum atomic E-state index is 13.1. The molecule has 0 bridgehead atoms. The summed E-state index contributed by atoms with van der Waals surface area (Å²) in [6, 6.07) is 7.17. The molecule has 2 rings (SSSR count). The molecule has 1 aliphatic rings. The quantitative estimate of drug-likeness (QED) is 0.459. The molecule has 0 radical (unpaired) electrons. The van der Waals surface area contributed by atoms with Crippen LogP contribution in [-0.4, -0.2) is 19.0 Å². The van der Waals surface area contributed by atoms with Crippen molar-refractivity contribution in [1.29, 1.82) is 0 Å². The molecule has 1 aromatic rings. The highest BCUT2D eigenvalue weighted by molar-refractivity contribution is 14.0. The van der Waals surface area contributed by atoms with Crippen molar-refractivity contribution in [2.45, 2.75) is 38.8 Å². The van der Waals surface area contributed by atoms with Crippen molar-refractivity contribution in [2.75, 3.05) is 7.05 Å². The Morgan fingerprint density at radius 3 is 2.90 bits per heavy atom. The molecule has 0 amide bonds. The van der Waals surface area contributed by atoms with Gasteiger partial charge in [-0.25, -0.2) is 4.39 Å². The van der Waals surface area contributed by atoms with E-state index in [2.05, 4.69) is 22.5 Å². The van der Waals surface area contributed by atoms with Crippen molar-refractivity contribution < 1.29 is 4.39 Å². The molecule has 1 saturated carbocycles. The molecule has 2 N–H and O–H groups in total. The highest BCUT2D eigenvalue weighted by Crippen LogP contribution is 2.34. The maximum absolute atomic E-state index is 13.1. The van der Waals surface area contributed by atoms with E-state index in [-0.39, 0.29) is 29.8 Å². The van der Waals surface area contributed by atoms with E-state index < -0.39 is 0 Å². The number of hydrogen-bond acceptors (Lipinski definition) is 1. The zero-order valence-electron chi connectivity index (χ0n) is 12.0. The lowest BCUT2D eigenvalue weighted by Crippen LogP contribution is -2.38. The van der Waals surface area contributed by atoms with Crippen molar-refractivity contribution in [2.24, 2.45) is 10.9 Å². The summed E-state index contributed by atoms with van der Waals surface area (Å²) in [6.07, 6.45) is 3.74. The van der Waals surface area contributed by atoms with Gasteiger partial charge in [0.1, 0.15) is 5.82 Å². The van der Waals surface area contributed by atoms with Crippen LogP contribution in [0.25, 0.3) is 0 Å². The number of aliphatic imine (C=N–C) groups is 1. The number of hydrogen-bond donors (Lipinski definition) is 2. The minimum Gasteiger partial charge on any atom is -0.353 e. The Morgan fingerprint density at radius 1 is 1.45 bits per heavy atom. The molecule has 0 aliphatic heterocycles. The minimum absolute atomic E-state index is 0. The number of halogens is 2. The highest BCUT2D eigenvalue weighted by Gasteiger charge is 2.36. The van der Waals surface area contributed by atoms with E-state index in [0.717, 1.165) is 17.4 Å². The molecule has 3 nitrogen and oxygen atoms in total. The summed E-state index contributed by atoms with van der Waals surface area (Å²) >= 11 is 0. The van der Waals surface area contributed by atoms with Gasteiger partial charge in [-0.3, -0.25) is 4.99 Å². The van der Waals surface area contributed by atoms with Gasteiger partial charge in [0.15, 0.2) is 5.96 Å². The number of nitrogens with zero attached hydrogens (tertiary/aromatic N) is 1. The lowest BCUT2D eigenvalue weighted by Gasteiger charge is -2.12. The third-order valence-corrected chi connectivity index (χ3v) is 3.48. The van der Waals surface area contributed by atoms with Gasteiger partial charge in [0, 0.05) is 19.6 Å². The lowest BCUT2D eigenvalue weighted by atomic mass is 10.2. The molecule has 0 aromatic heterocycles. The number of benzene rings is 1. The van der Waals surface area contributed by atoms with Crippen LogP contribution in [0.15, 0.2) is 29.3 Å². The second-order valence-corrected chi connectivity index (χ2v) is 5.09. The fraction of sp³-hybridized carbons (Fsp3) is 0.533. The standard InChI is InChI=1S/C15H22FN3.HI/c1-3-5-12-9-14(12)19-15(17-2)18-10-11-6-4-7-13(16)8-11;/h4,6-8,12,14H,3,5,9-10H2,1-2H3,(H2,17,18,19);1H. The van der Waals surface area contributed by atoms with Gasteiger partial charge in [0.05, 0.1) is 0 Å². The number of guanidine groups is 1. The van der Waals surface area contributed by atoms with Crippen molar-refractivity contribution in [3.63, 3.8) is 0 Å². The summed E-state index contributed by atoms with van der Waals surface area (Å²) < 4.78 is 13.1. The predicted molar refractivity (Wildman–Crippen MR) is 92.0 cm³/mol. The number of rotatable bonds is 5. The van der Waals surface area contributed by atoms with Crippen molar-refractivity contribution >= 4 is 29.9 Å². The Hall–Kier alpha value is -0.850. The molecule has 1 fully saturated rings. The Balaban J connectivity index is 0.00000200. The van der Waals surface area contributed by atoms with Crippen LogP contribution in [0, 0.1) is 11.7 Å². The van der Waals surface area contributed by atoms with Crippen LogP contribution in [0.5, 0.6) is 0 Å². The van der Waals surface area contributed by atoms with Crippen LogP contribution >= 0.6 is 24.0 Å². The SMILES string of the molecule is CCCC1CC1NC(=NC)NCc1cccc(F)c1.I. The molecular formula is C15H23FIN3. The third-order valence-electron chi connectivity index (χ3n) is 3.48. The largest absolute Gasteiger partial charge is 0.353 e. The zero-order valence-corrected chi connectivity index (χ0v) is 14.4. The molecule has 1 aliphatic carbocycles. The first-order valence-electron chi connectivity index (χ1n) is 6.94. The van der Waals surface area contributed by atoms with E-state index in [1.165, 1.54) is 31.4 Å². The normalized spacial score (nSPS) is 21.1. The average Bonchev–Trinajstić information content (AvgIpc) is 3.13. The molecule has 1 aromatic carbocycles. The van der Waals surface area contributed by atoms with Crippen molar-refractivity contribution in [3.05, 3.63) is 35.6 Å². The van der Waals surface area contributed by atoms with Crippen molar-refractivity contribution in [3.8, 4) is 0 Å². The monoisotopic (exact) mass is 391 g/mol. The van der Waals surface area contributed by atoms with Crippen LogP contribution in [0.3, 0.4) is 0 Å². The van der Waals surface area contributed by atoms with E-state index in [1.54, 1.807) is 13.1 Å². The highest BCUT2D eigenvalue weighted by atomic mass is 127. The molecule has 0 spiro atoms. The smallest absolute Gasteiger partial charge is 0.191 e. The second-order valence-electron chi connectivity index (χ2n) is 5.09.